The lowest BCUT2D eigenvalue weighted by Crippen LogP contribution is -2.52. The van der Waals surface area contributed by atoms with E-state index >= 15 is 0 Å². The summed E-state index contributed by atoms with van der Waals surface area (Å²) in [7, 11) is 1.73. The van der Waals surface area contributed by atoms with Crippen molar-refractivity contribution in [2.75, 3.05) is 26.8 Å². The number of nitrogens with zero attached hydrogens (tertiary/aromatic N) is 7. The van der Waals surface area contributed by atoms with Crippen molar-refractivity contribution in [1.29, 1.82) is 0 Å². The Morgan fingerprint density at radius 2 is 1.86 bits per heavy atom. The number of fused-ring (bicyclic) bond motifs is 2. The van der Waals surface area contributed by atoms with Crippen LogP contribution in [0.1, 0.15) is 66.9 Å². The van der Waals surface area contributed by atoms with E-state index in [1.807, 2.05) is 48.9 Å². The topological polar surface area (TPSA) is 205 Å². The highest BCUT2D eigenvalue weighted by Crippen LogP contribution is 2.39. The van der Waals surface area contributed by atoms with E-state index in [0.717, 1.165) is 16.5 Å². The van der Waals surface area contributed by atoms with Gasteiger partial charge in [0.2, 0.25) is 17.7 Å². The first-order chi connectivity index (χ1) is 27.4. The van der Waals surface area contributed by atoms with Gasteiger partial charge in [-0.1, -0.05) is 25.0 Å². The number of amides is 4. The number of imide groups is 1. The number of nitrogens with one attached hydrogen (secondary N) is 1. The van der Waals surface area contributed by atoms with Gasteiger partial charge < -0.3 is 34.4 Å². The van der Waals surface area contributed by atoms with Crippen LogP contribution in [0.15, 0.2) is 65.8 Å². The zero-order valence-corrected chi connectivity index (χ0v) is 31.9. The minimum atomic E-state index is -0.701. The van der Waals surface area contributed by atoms with Crippen LogP contribution in [0.2, 0.25) is 0 Å². The third kappa shape index (κ3) is 7.94. The van der Waals surface area contributed by atoms with E-state index in [4.69, 9.17) is 4.74 Å². The molecule has 16 heteroatoms. The summed E-state index contributed by atoms with van der Waals surface area (Å²) in [5, 5.41) is 42.8. The lowest BCUT2D eigenvalue weighted by Gasteiger charge is -2.29. The van der Waals surface area contributed by atoms with Crippen LogP contribution in [-0.2, 0) is 32.2 Å². The number of carbonyl (C=O) groups excluding carboxylic acids is 4. The summed E-state index contributed by atoms with van der Waals surface area (Å²) in [6.45, 7) is 5.83. The van der Waals surface area contributed by atoms with Crippen molar-refractivity contribution in [2.45, 2.75) is 64.6 Å². The van der Waals surface area contributed by atoms with Crippen molar-refractivity contribution in [3.8, 4) is 34.6 Å². The van der Waals surface area contributed by atoms with Gasteiger partial charge in [-0.2, -0.15) is 0 Å². The maximum absolute atomic E-state index is 13.1. The molecule has 0 aliphatic carbocycles. The fourth-order valence-corrected chi connectivity index (χ4v) is 7.27. The van der Waals surface area contributed by atoms with Crippen LogP contribution in [0.25, 0.3) is 28.0 Å². The van der Waals surface area contributed by atoms with Gasteiger partial charge in [-0.15, -0.1) is 5.10 Å². The van der Waals surface area contributed by atoms with Crippen LogP contribution in [0, 0.1) is 0 Å². The van der Waals surface area contributed by atoms with Gasteiger partial charge in [-0.05, 0) is 66.8 Å². The Hall–Kier alpha value is -6.55. The van der Waals surface area contributed by atoms with E-state index in [1.165, 1.54) is 15.5 Å². The van der Waals surface area contributed by atoms with Crippen LogP contribution < -0.4 is 5.32 Å². The van der Waals surface area contributed by atoms with Crippen molar-refractivity contribution >= 4 is 46.4 Å². The smallest absolute Gasteiger partial charge is 0.319 e. The number of hydrogen-bond acceptors (Lipinski definition) is 11. The second-order valence-corrected chi connectivity index (χ2v) is 14.5. The van der Waals surface area contributed by atoms with Crippen molar-refractivity contribution in [2.24, 2.45) is 4.99 Å². The van der Waals surface area contributed by atoms with E-state index in [1.54, 1.807) is 42.4 Å². The monoisotopic (exact) mass is 776 g/mol. The summed E-state index contributed by atoms with van der Waals surface area (Å²) < 4.78 is 9.37. The molecule has 0 spiro atoms. The summed E-state index contributed by atoms with van der Waals surface area (Å²) in [5.41, 5.74) is 4.30. The minimum absolute atomic E-state index is 0.0157. The molecule has 1 atom stereocenters. The third-order valence-electron chi connectivity index (χ3n) is 10.4. The summed E-state index contributed by atoms with van der Waals surface area (Å²) >= 11 is 0. The van der Waals surface area contributed by atoms with E-state index in [2.05, 4.69) is 20.5 Å². The highest BCUT2D eigenvalue weighted by molar-refractivity contribution is 6.06. The van der Waals surface area contributed by atoms with E-state index in [9.17, 15) is 34.5 Å². The first-order valence-corrected chi connectivity index (χ1v) is 18.8. The Labute approximate surface area is 328 Å². The van der Waals surface area contributed by atoms with Crippen molar-refractivity contribution in [1.82, 2.24) is 34.4 Å². The first-order valence-electron chi connectivity index (χ1n) is 18.8. The number of phenols is 2. The molecule has 4 N–H and O–H groups in total. The normalized spacial score (nSPS) is 15.6. The second kappa shape index (κ2) is 16.3. The number of hydrogen-bond donors (Lipinski definition) is 4. The van der Waals surface area contributed by atoms with Gasteiger partial charge >= 0.3 is 6.01 Å². The number of aromatic hydroxyl groups is 3. The molecule has 2 aromatic heterocycles. The molecule has 0 saturated carbocycles. The molecule has 7 rings (SSSR count). The van der Waals surface area contributed by atoms with Gasteiger partial charge in [-0.25, -0.2) is 4.57 Å². The zero-order valence-electron chi connectivity index (χ0n) is 31.9. The molecule has 5 aromatic rings. The van der Waals surface area contributed by atoms with Gasteiger partial charge in [0.25, 0.3) is 5.91 Å². The molecular formula is C41H44N8O8. The number of phenolic OH excluding ortho intramolecular Hbond substituents is 2. The highest BCUT2D eigenvalue weighted by atomic mass is 16.5. The summed E-state index contributed by atoms with van der Waals surface area (Å²) in [5.74, 6) is -1.12. The van der Waals surface area contributed by atoms with Gasteiger partial charge in [0.1, 0.15) is 17.5 Å². The molecule has 3 aromatic carbocycles. The standard InChI is InChI=1S/C41H44N8O8/c1-24(2)28-21-29(35(51)22-34(28)50)38-44-45-41(56)49(38)26-9-10-32-25(20-26)13-15-47(32)17-19-57-18-16-46(3)37(53)8-5-14-42-31-7-4-6-27-30(31)23-48(40(27)55)33-11-12-36(52)43-39(33)54/h4,6-7,9-10,13-15,20-22,24,33,50-51H,5,8,11-12,16-19,23H2,1-3H3,(H,45,56)(H,43,52,54)/b42-14+. The summed E-state index contributed by atoms with van der Waals surface area (Å²) in [6.07, 6.45) is 4.73. The number of likely N-dealkylation sites (N-methyl/N-ethyl adjacent to an activating group) is 1. The number of ether oxygens (including phenoxy) is 1. The molecule has 2 aliphatic rings. The largest absolute Gasteiger partial charge is 0.508 e. The van der Waals surface area contributed by atoms with Gasteiger partial charge in [0.15, 0.2) is 5.82 Å². The number of piperidine rings is 1. The number of benzene rings is 3. The average molecular weight is 777 g/mol. The van der Waals surface area contributed by atoms with Crippen LogP contribution in [0.4, 0.5) is 5.69 Å². The second-order valence-electron chi connectivity index (χ2n) is 14.5. The number of aliphatic imine (C=N–C) groups is 1. The lowest BCUT2D eigenvalue weighted by atomic mass is 9.98. The Kier molecular flexibility index (Phi) is 11.1. The molecule has 0 bridgehead atoms. The summed E-state index contributed by atoms with van der Waals surface area (Å²) in [4.78, 5) is 57.5. The van der Waals surface area contributed by atoms with E-state index in [-0.39, 0.29) is 72.8 Å². The van der Waals surface area contributed by atoms with Crippen molar-refractivity contribution in [3.05, 3.63) is 77.5 Å². The highest BCUT2D eigenvalue weighted by Gasteiger charge is 2.39. The quantitative estimate of drug-likeness (QED) is 0.0704. The molecular weight excluding hydrogens is 732 g/mol. The van der Waals surface area contributed by atoms with Gasteiger partial charge in [-0.3, -0.25) is 29.5 Å². The molecule has 0 radical (unpaired) electrons. The Balaban J connectivity index is 0.879. The molecule has 1 saturated heterocycles. The van der Waals surface area contributed by atoms with E-state index in [0.29, 0.717) is 60.8 Å². The van der Waals surface area contributed by atoms with Crippen LogP contribution in [-0.4, -0.2) is 107 Å². The fourth-order valence-electron chi connectivity index (χ4n) is 7.27. The maximum atomic E-state index is 13.1. The van der Waals surface area contributed by atoms with E-state index < -0.39 is 11.9 Å². The number of rotatable bonds is 14. The Bertz CT molecular complexity index is 2400. The third-order valence-corrected chi connectivity index (χ3v) is 10.4. The molecule has 2 aliphatic heterocycles. The molecule has 16 nitrogen and oxygen atoms in total. The van der Waals surface area contributed by atoms with Gasteiger partial charge in [0.05, 0.1) is 30.2 Å². The predicted molar refractivity (Wildman–Crippen MR) is 210 cm³/mol. The maximum Gasteiger partial charge on any atom is 0.319 e. The Morgan fingerprint density at radius 3 is 2.65 bits per heavy atom. The Morgan fingerprint density at radius 1 is 1.04 bits per heavy atom. The molecule has 4 amide bonds. The zero-order chi connectivity index (χ0) is 40.4. The molecule has 57 heavy (non-hydrogen) atoms. The molecule has 4 heterocycles. The fraction of sp³-hybridized carbons (Fsp3) is 0.341. The van der Waals surface area contributed by atoms with Crippen LogP contribution in [0.3, 0.4) is 0 Å². The molecule has 296 valence electrons. The number of aromatic nitrogens is 4. The van der Waals surface area contributed by atoms with Crippen molar-refractivity contribution in [3.63, 3.8) is 0 Å². The molecule has 1 unspecified atom stereocenters. The predicted octanol–water partition coefficient (Wildman–Crippen LogP) is 4.55. The summed E-state index contributed by atoms with van der Waals surface area (Å²) in [6, 6.07) is 14.7. The minimum Gasteiger partial charge on any atom is -0.508 e. The first kappa shape index (κ1) is 38.7. The number of carbonyl (C=O) groups is 4. The SMILES string of the molecule is CC(C)c1cc(-c2nnc(O)n2-c2ccc3c(ccn3CCOCCN(C)C(=O)CC/C=N/c3cccc4c3CN(C3CCC(=O)NC3=O)C4=O)c2)c(O)cc1O. The van der Waals surface area contributed by atoms with Crippen LogP contribution >= 0.6 is 0 Å². The van der Waals surface area contributed by atoms with Crippen molar-refractivity contribution < 1.29 is 39.2 Å². The molecule has 1 fully saturated rings. The lowest BCUT2D eigenvalue weighted by molar-refractivity contribution is -0.137. The van der Waals surface area contributed by atoms with Crippen LogP contribution in [0.5, 0.6) is 17.5 Å². The van der Waals surface area contributed by atoms with Gasteiger partial charge in [0, 0.05) is 80.0 Å². The average Bonchev–Trinajstić information content (AvgIpc) is 3.87.